The van der Waals surface area contributed by atoms with Gasteiger partial charge in [-0.1, -0.05) is 0 Å². The second-order valence-electron chi connectivity index (χ2n) is 6.13. The molecule has 4 nitrogen and oxygen atoms in total. The lowest BCUT2D eigenvalue weighted by atomic mass is 9.94. The minimum atomic E-state index is -0.192. The zero-order chi connectivity index (χ0) is 13.2. The molecule has 4 rings (SSSR count). The first-order valence-electron chi connectivity index (χ1n) is 6.72. The van der Waals surface area contributed by atoms with E-state index >= 15 is 0 Å². The van der Waals surface area contributed by atoms with Crippen molar-refractivity contribution in [1.82, 2.24) is 9.97 Å². The molecule has 3 heterocycles. The number of hydrogen-bond donors (Lipinski definition) is 1. The fraction of sp³-hybridized carbons (Fsp3) is 0.571. The van der Waals surface area contributed by atoms with E-state index in [0.717, 1.165) is 40.9 Å². The molecule has 2 aliphatic rings. The van der Waals surface area contributed by atoms with Crippen LogP contribution in [0.1, 0.15) is 48.9 Å². The summed E-state index contributed by atoms with van der Waals surface area (Å²) in [7, 11) is 0. The van der Waals surface area contributed by atoms with Gasteiger partial charge in [0.15, 0.2) is 0 Å². The predicted octanol–water partition coefficient (Wildman–Crippen LogP) is 2.71. The molecular weight excluding hydrogens is 260 g/mol. The van der Waals surface area contributed by atoms with Crippen LogP contribution in [0.3, 0.4) is 0 Å². The van der Waals surface area contributed by atoms with Gasteiger partial charge in [0.2, 0.25) is 0 Å². The van der Waals surface area contributed by atoms with Crippen molar-refractivity contribution >= 4 is 21.6 Å². The normalized spacial score (nSPS) is 21.6. The molecular formula is C14H16N2O2S. The van der Waals surface area contributed by atoms with Crippen LogP contribution >= 0.6 is 11.3 Å². The Morgan fingerprint density at radius 2 is 2.21 bits per heavy atom. The molecule has 1 aliphatic carbocycles. The Hall–Kier alpha value is -1.20. The molecule has 1 saturated carbocycles. The molecule has 100 valence electrons. The number of rotatable bonds is 1. The predicted molar refractivity (Wildman–Crippen MR) is 74.8 cm³/mol. The number of thiophene rings is 1. The number of H-pyrrole nitrogens is 1. The molecule has 0 aromatic carbocycles. The number of hydrogen-bond acceptors (Lipinski definition) is 4. The molecule has 1 N–H and O–H groups in total. The topological polar surface area (TPSA) is 55.0 Å². The Morgan fingerprint density at radius 3 is 2.95 bits per heavy atom. The summed E-state index contributed by atoms with van der Waals surface area (Å²) in [6, 6.07) is 0. The van der Waals surface area contributed by atoms with E-state index in [1.807, 2.05) is 0 Å². The molecule has 1 fully saturated rings. The Balaban J connectivity index is 1.94. The molecule has 0 amide bonds. The standard InChI is InChI=1S/C14H16N2O2S/c1-14(2)5-8-9(6-18-14)19-13-10(8)12(17)15-11(16-13)7-3-4-7/h7H,3-6H2,1-2H3,(H,15,16,17). The molecule has 0 atom stereocenters. The van der Waals surface area contributed by atoms with Crippen LogP contribution in [-0.2, 0) is 17.8 Å². The van der Waals surface area contributed by atoms with Crippen molar-refractivity contribution in [3.63, 3.8) is 0 Å². The van der Waals surface area contributed by atoms with E-state index in [2.05, 4.69) is 23.8 Å². The largest absolute Gasteiger partial charge is 0.370 e. The van der Waals surface area contributed by atoms with E-state index in [-0.39, 0.29) is 11.2 Å². The summed E-state index contributed by atoms with van der Waals surface area (Å²) in [4.78, 5) is 22.0. The van der Waals surface area contributed by atoms with Gasteiger partial charge in [0.25, 0.3) is 5.56 Å². The molecule has 0 saturated heterocycles. The molecule has 5 heteroatoms. The van der Waals surface area contributed by atoms with Crippen molar-refractivity contribution in [3.8, 4) is 0 Å². The second-order valence-corrected chi connectivity index (χ2v) is 7.22. The number of ether oxygens (including phenoxy) is 1. The lowest BCUT2D eigenvalue weighted by Crippen LogP contribution is -2.31. The van der Waals surface area contributed by atoms with Crippen molar-refractivity contribution < 1.29 is 4.74 Å². The zero-order valence-electron chi connectivity index (χ0n) is 11.1. The number of fused-ring (bicyclic) bond motifs is 3. The highest BCUT2D eigenvalue weighted by Gasteiger charge is 2.32. The first-order chi connectivity index (χ1) is 9.03. The van der Waals surface area contributed by atoms with Crippen LogP contribution in [0, 0.1) is 0 Å². The minimum absolute atomic E-state index is 0.0297. The summed E-state index contributed by atoms with van der Waals surface area (Å²) >= 11 is 1.62. The van der Waals surface area contributed by atoms with Gasteiger partial charge in [-0.3, -0.25) is 4.79 Å². The molecule has 0 spiro atoms. The minimum Gasteiger partial charge on any atom is -0.370 e. The van der Waals surface area contributed by atoms with Crippen molar-refractivity contribution in [2.75, 3.05) is 0 Å². The lowest BCUT2D eigenvalue weighted by Gasteiger charge is -2.29. The summed E-state index contributed by atoms with van der Waals surface area (Å²) in [6.07, 6.45) is 3.08. The first-order valence-corrected chi connectivity index (χ1v) is 7.53. The third-order valence-electron chi connectivity index (χ3n) is 3.92. The quantitative estimate of drug-likeness (QED) is 0.871. The molecule has 2 aromatic heterocycles. The highest BCUT2D eigenvalue weighted by Crippen LogP contribution is 2.40. The smallest absolute Gasteiger partial charge is 0.259 e. The second kappa shape index (κ2) is 3.67. The maximum atomic E-state index is 12.3. The van der Waals surface area contributed by atoms with E-state index in [4.69, 9.17) is 4.74 Å². The zero-order valence-corrected chi connectivity index (χ0v) is 11.9. The van der Waals surface area contributed by atoms with Gasteiger partial charge in [-0.25, -0.2) is 4.98 Å². The van der Waals surface area contributed by atoms with Gasteiger partial charge in [-0.15, -0.1) is 11.3 Å². The van der Waals surface area contributed by atoms with Crippen molar-refractivity contribution in [2.45, 2.75) is 51.2 Å². The molecule has 0 bridgehead atoms. The maximum Gasteiger partial charge on any atom is 0.259 e. The molecule has 1 aliphatic heterocycles. The Bertz CT molecular complexity index is 725. The molecule has 0 radical (unpaired) electrons. The number of aromatic amines is 1. The van der Waals surface area contributed by atoms with Gasteiger partial charge >= 0.3 is 0 Å². The van der Waals surface area contributed by atoms with Gasteiger partial charge in [-0.2, -0.15) is 0 Å². The summed E-state index contributed by atoms with van der Waals surface area (Å²) in [6.45, 7) is 4.74. The average molecular weight is 276 g/mol. The Kier molecular flexibility index (Phi) is 2.24. The first kappa shape index (κ1) is 11.6. The third-order valence-corrected chi connectivity index (χ3v) is 5.02. The highest BCUT2D eigenvalue weighted by molar-refractivity contribution is 7.18. The third kappa shape index (κ3) is 1.83. The van der Waals surface area contributed by atoms with E-state index in [0.29, 0.717) is 12.5 Å². The van der Waals surface area contributed by atoms with Crippen LogP contribution in [0.4, 0.5) is 0 Å². The van der Waals surface area contributed by atoms with Crippen molar-refractivity contribution in [3.05, 3.63) is 26.6 Å². The Morgan fingerprint density at radius 1 is 1.42 bits per heavy atom. The lowest BCUT2D eigenvalue weighted by molar-refractivity contribution is -0.0379. The van der Waals surface area contributed by atoms with Gasteiger partial charge in [0, 0.05) is 17.2 Å². The monoisotopic (exact) mass is 276 g/mol. The summed E-state index contributed by atoms with van der Waals surface area (Å²) < 4.78 is 5.82. The van der Waals surface area contributed by atoms with Crippen molar-refractivity contribution in [1.29, 1.82) is 0 Å². The fourth-order valence-corrected chi connectivity index (χ4v) is 3.83. The van der Waals surface area contributed by atoms with Crippen molar-refractivity contribution in [2.24, 2.45) is 0 Å². The Labute approximate surface area is 114 Å². The average Bonchev–Trinajstić information content (AvgIpc) is 3.11. The van der Waals surface area contributed by atoms with Gasteiger partial charge in [0.05, 0.1) is 17.6 Å². The summed E-state index contributed by atoms with van der Waals surface area (Å²) in [5.74, 6) is 1.35. The fourth-order valence-electron chi connectivity index (χ4n) is 2.72. The molecule has 2 aromatic rings. The SMILES string of the molecule is CC1(C)Cc2c(sc3nc(C4CC4)[nH]c(=O)c23)CO1. The van der Waals surface area contributed by atoms with Gasteiger partial charge < -0.3 is 9.72 Å². The van der Waals surface area contributed by atoms with Crippen LogP contribution in [0.2, 0.25) is 0 Å². The van der Waals surface area contributed by atoms with Crippen LogP contribution in [0.5, 0.6) is 0 Å². The maximum absolute atomic E-state index is 12.3. The van der Waals surface area contributed by atoms with E-state index in [1.165, 1.54) is 4.88 Å². The van der Waals surface area contributed by atoms with Crippen LogP contribution in [0.15, 0.2) is 4.79 Å². The van der Waals surface area contributed by atoms with E-state index in [9.17, 15) is 4.79 Å². The van der Waals surface area contributed by atoms with Crippen LogP contribution in [0.25, 0.3) is 10.2 Å². The van der Waals surface area contributed by atoms with E-state index < -0.39 is 0 Å². The molecule has 0 unspecified atom stereocenters. The summed E-state index contributed by atoms with van der Waals surface area (Å²) in [5, 5.41) is 0.792. The number of nitrogens with zero attached hydrogens (tertiary/aromatic N) is 1. The number of aromatic nitrogens is 2. The number of nitrogens with one attached hydrogen (secondary N) is 1. The van der Waals surface area contributed by atoms with Gasteiger partial charge in [0.1, 0.15) is 10.7 Å². The van der Waals surface area contributed by atoms with Gasteiger partial charge in [-0.05, 0) is 32.3 Å². The highest BCUT2D eigenvalue weighted by atomic mass is 32.1. The van der Waals surface area contributed by atoms with Crippen LogP contribution in [-0.4, -0.2) is 15.6 Å². The molecule has 19 heavy (non-hydrogen) atoms. The van der Waals surface area contributed by atoms with E-state index in [1.54, 1.807) is 11.3 Å². The van der Waals surface area contributed by atoms with Crippen LogP contribution < -0.4 is 5.56 Å². The summed E-state index contributed by atoms with van der Waals surface area (Å²) in [5.41, 5.74) is 0.984.